The van der Waals surface area contributed by atoms with Gasteiger partial charge >= 0.3 is 11.8 Å². The Labute approximate surface area is 187 Å². The minimum Gasteiger partial charge on any atom is -0.444 e. The molecule has 1 amide bonds. The molecule has 0 atom stereocenters. The van der Waals surface area contributed by atoms with Gasteiger partial charge in [-0.25, -0.2) is 18.3 Å². The number of nitrogens with zero attached hydrogens (tertiary/aromatic N) is 5. The standard InChI is InChI=1S/C19H33F2N5O5Si/c1-18(2,3)31-17(27)24-8-7-23(12-19(20,21)13-24)16-15(26(28)29)11-22-25(16)14-30-9-10-32(4,5)6/h11H,7-10,12-14H2,1-6H3. The van der Waals surface area contributed by atoms with Crippen molar-refractivity contribution in [2.75, 3.05) is 37.7 Å². The van der Waals surface area contributed by atoms with E-state index in [-0.39, 0.29) is 31.3 Å². The molecule has 2 rings (SSSR count). The summed E-state index contributed by atoms with van der Waals surface area (Å²) in [6, 6.07) is 0.887. The van der Waals surface area contributed by atoms with Crippen molar-refractivity contribution < 1.29 is 28.0 Å². The Balaban J connectivity index is 2.22. The zero-order chi connectivity index (χ0) is 24.3. The molecule has 32 heavy (non-hydrogen) atoms. The van der Waals surface area contributed by atoms with E-state index in [2.05, 4.69) is 24.7 Å². The smallest absolute Gasteiger partial charge is 0.410 e. The molecule has 0 radical (unpaired) electrons. The maximum atomic E-state index is 14.7. The van der Waals surface area contributed by atoms with Gasteiger partial charge in [-0.1, -0.05) is 19.6 Å². The van der Waals surface area contributed by atoms with Crippen LogP contribution in [0.15, 0.2) is 6.20 Å². The van der Waals surface area contributed by atoms with Crippen LogP contribution in [0.25, 0.3) is 0 Å². The van der Waals surface area contributed by atoms with Crippen molar-refractivity contribution in [1.82, 2.24) is 14.7 Å². The number of rotatable bonds is 7. The first-order valence-corrected chi connectivity index (χ1v) is 14.2. The Morgan fingerprint density at radius 1 is 1.28 bits per heavy atom. The monoisotopic (exact) mass is 477 g/mol. The number of ether oxygens (including phenoxy) is 2. The molecule has 0 bridgehead atoms. The molecular formula is C19H33F2N5O5Si. The highest BCUT2D eigenvalue weighted by molar-refractivity contribution is 6.76. The second-order valence-electron chi connectivity index (χ2n) is 10.1. The number of aromatic nitrogens is 2. The van der Waals surface area contributed by atoms with Gasteiger partial charge in [0.05, 0.1) is 18.0 Å². The summed E-state index contributed by atoms with van der Waals surface area (Å²) < 4.78 is 41.5. The lowest BCUT2D eigenvalue weighted by Gasteiger charge is -2.27. The fourth-order valence-corrected chi connectivity index (χ4v) is 3.87. The number of anilines is 1. The molecule has 0 saturated carbocycles. The summed E-state index contributed by atoms with van der Waals surface area (Å²) in [6.45, 7) is 10.1. The third kappa shape index (κ3) is 7.69. The third-order valence-electron chi connectivity index (χ3n) is 4.64. The Bertz CT molecular complexity index is 822. The molecule has 0 N–H and O–H groups in total. The van der Waals surface area contributed by atoms with E-state index in [1.807, 2.05) is 0 Å². The molecule has 1 fully saturated rings. The van der Waals surface area contributed by atoms with E-state index in [0.717, 1.165) is 17.1 Å². The van der Waals surface area contributed by atoms with Crippen molar-refractivity contribution in [2.45, 2.75) is 64.7 Å². The number of hydrogen-bond donors (Lipinski definition) is 0. The number of carbonyl (C=O) groups is 1. The van der Waals surface area contributed by atoms with Gasteiger partial charge in [-0.15, -0.1) is 0 Å². The lowest BCUT2D eigenvalue weighted by Crippen LogP contribution is -2.44. The quantitative estimate of drug-likeness (QED) is 0.255. The zero-order valence-electron chi connectivity index (χ0n) is 19.6. The first kappa shape index (κ1) is 26.0. The van der Waals surface area contributed by atoms with Gasteiger partial charge in [-0.2, -0.15) is 5.10 Å². The normalized spacial score (nSPS) is 17.2. The largest absolute Gasteiger partial charge is 0.444 e. The molecule has 1 aromatic rings. The Kier molecular flexibility index (Phi) is 7.86. The fraction of sp³-hybridized carbons (Fsp3) is 0.789. The van der Waals surface area contributed by atoms with Crippen LogP contribution < -0.4 is 4.90 Å². The predicted octanol–water partition coefficient (Wildman–Crippen LogP) is 3.80. The van der Waals surface area contributed by atoms with Crippen molar-refractivity contribution in [1.29, 1.82) is 0 Å². The van der Waals surface area contributed by atoms with Gasteiger partial charge in [0.1, 0.15) is 18.5 Å². The summed E-state index contributed by atoms with van der Waals surface area (Å²) in [7, 11) is -1.34. The molecule has 1 aliphatic heterocycles. The first-order valence-electron chi connectivity index (χ1n) is 10.5. The maximum Gasteiger partial charge on any atom is 0.410 e. The summed E-state index contributed by atoms with van der Waals surface area (Å²) in [6.07, 6.45) is 0.183. The molecule has 10 nitrogen and oxygen atoms in total. The Hall–Kier alpha value is -2.28. The zero-order valence-corrected chi connectivity index (χ0v) is 20.6. The van der Waals surface area contributed by atoms with Crippen LogP contribution in [0.1, 0.15) is 20.8 Å². The van der Waals surface area contributed by atoms with Crippen LogP contribution >= 0.6 is 0 Å². The molecule has 0 aliphatic carbocycles. The average molecular weight is 478 g/mol. The van der Waals surface area contributed by atoms with Crippen molar-refractivity contribution in [3.8, 4) is 0 Å². The van der Waals surface area contributed by atoms with Gasteiger partial charge in [0.2, 0.25) is 5.82 Å². The number of carbonyl (C=O) groups excluding carboxylic acids is 1. The number of alkyl halides is 2. The first-order chi connectivity index (χ1) is 14.6. The van der Waals surface area contributed by atoms with E-state index in [1.165, 1.54) is 9.58 Å². The highest BCUT2D eigenvalue weighted by atomic mass is 28.3. The van der Waals surface area contributed by atoms with Crippen LogP contribution in [-0.4, -0.2) is 78.1 Å². The van der Waals surface area contributed by atoms with Crippen LogP contribution in [0.3, 0.4) is 0 Å². The summed E-state index contributed by atoms with van der Waals surface area (Å²) in [4.78, 5) is 25.4. The minimum absolute atomic E-state index is 0.0454. The van der Waals surface area contributed by atoms with E-state index in [1.54, 1.807) is 20.8 Å². The Morgan fingerprint density at radius 2 is 1.94 bits per heavy atom. The molecule has 0 spiro atoms. The van der Waals surface area contributed by atoms with E-state index in [0.29, 0.717) is 6.61 Å². The second kappa shape index (κ2) is 9.69. The predicted molar refractivity (Wildman–Crippen MR) is 118 cm³/mol. The lowest BCUT2D eigenvalue weighted by atomic mass is 10.2. The molecule has 2 heterocycles. The van der Waals surface area contributed by atoms with Gasteiger partial charge < -0.3 is 19.3 Å². The molecule has 1 saturated heterocycles. The van der Waals surface area contributed by atoms with E-state index >= 15 is 0 Å². The van der Waals surface area contributed by atoms with E-state index in [4.69, 9.17) is 9.47 Å². The number of halogens is 2. The summed E-state index contributed by atoms with van der Waals surface area (Å²) >= 11 is 0. The second-order valence-corrected chi connectivity index (χ2v) is 15.8. The fourth-order valence-electron chi connectivity index (χ4n) is 3.12. The third-order valence-corrected chi connectivity index (χ3v) is 6.34. The summed E-state index contributed by atoms with van der Waals surface area (Å²) in [5.74, 6) is -3.37. The van der Waals surface area contributed by atoms with E-state index < -0.39 is 43.7 Å². The van der Waals surface area contributed by atoms with Gasteiger partial charge in [-0.05, 0) is 26.8 Å². The maximum absolute atomic E-state index is 14.7. The summed E-state index contributed by atoms with van der Waals surface area (Å²) in [5, 5.41) is 15.5. The highest BCUT2D eigenvalue weighted by Gasteiger charge is 2.42. The van der Waals surface area contributed by atoms with Crippen molar-refractivity contribution in [3.63, 3.8) is 0 Å². The van der Waals surface area contributed by atoms with Crippen LogP contribution in [0.2, 0.25) is 25.7 Å². The van der Waals surface area contributed by atoms with Crippen LogP contribution in [0.4, 0.5) is 25.1 Å². The molecule has 1 aromatic heterocycles. The molecule has 0 aromatic carbocycles. The topological polar surface area (TPSA) is 103 Å². The lowest BCUT2D eigenvalue weighted by molar-refractivity contribution is -0.384. The number of hydrogen-bond acceptors (Lipinski definition) is 7. The molecule has 1 aliphatic rings. The van der Waals surface area contributed by atoms with Crippen LogP contribution in [0, 0.1) is 10.1 Å². The summed E-state index contributed by atoms with van der Waals surface area (Å²) in [5.41, 5.74) is -1.22. The SMILES string of the molecule is CC(C)(C)OC(=O)N1CCN(c2c([N+](=O)[O-])cnn2COCC[Si](C)(C)C)CC(F)(F)C1. The molecular weight excluding hydrogens is 444 g/mol. The van der Waals surface area contributed by atoms with Crippen LogP contribution in [-0.2, 0) is 16.2 Å². The molecule has 182 valence electrons. The van der Waals surface area contributed by atoms with Gasteiger partial charge in [0.15, 0.2) is 0 Å². The van der Waals surface area contributed by atoms with Gasteiger partial charge in [0, 0.05) is 27.8 Å². The van der Waals surface area contributed by atoms with E-state index in [9.17, 15) is 23.7 Å². The molecule has 0 unspecified atom stereocenters. The number of nitro groups is 1. The van der Waals surface area contributed by atoms with Crippen molar-refractivity contribution >= 4 is 25.7 Å². The Morgan fingerprint density at radius 3 is 2.50 bits per heavy atom. The minimum atomic E-state index is -3.31. The van der Waals surface area contributed by atoms with Gasteiger partial charge in [0.25, 0.3) is 5.92 Å². The van der Waals surface area contributed by atoms with Crippen molar-refractivity contribution in [3.05, 3.63) is 16.3 Å². The number of amides is 1. The van der Waals surface area contributed by atoms with Gasteiger partial charge in [-0.3, -0.25) is 10.1 Å². The highest BCUT2D eigenvalue weighted by Crippen LogP contribution is 2.32. The van der Waals surface area contributed by atoms with Crippen LogP contribution in [0.5, 0.6) is 0 Å². The average Bonchev–Trinajstić information content (AvgIpc) is 2.95. The van der Waals surface area contributed by atoms with Crippen molar-refractivity contribution in [2.24, 2.45) is 0 Å². The molecule has 13 heteroatoms.